The van der Waals surface area contributed by atoms with Crippen molar-refractivity contribution >= 4 is 22.5 Å². The highest BCUT2D eigenvalue weighted by atomic mass is 16.1. The van der Waals surface area contributed by atoms with Gasteiger partial charge in [0.15, 0.2) is 5.82 Å². The molecule has 0 amide bonds. The molecule has 0 atom stereocenters. The zero-order chi connectivity index (χ0) is 17.9. The Morgan fingerprint density at radius 1 is 1.12 bits per heavy atom. The summed E-state index contributed by atoms with van der Waals surface area (Å²) in [6, 6.07) is 13.4. The molecule has 1 aromatic carbocycles. The summed E-state index contributed by atoms with van der Waals surface area (Å²) < 4.78 is 3.48. The van der Waals surface area contributed by atoms with E-state index >= 15 is 0 Å². The number of fused-ring (bicyclic) bond motifs is 1. The second-order valence-corrected chi connectivity index (χ2v) is 5.87. The van der Waals surface area contributed by atoms with Gasteiger partial charge in [0, 0.05) is 18.9 Å². The molecule has 0 aliphatic carbocycles. The van der Waals surface area contributed by atoms with Gasteiger partial charge in [-0.05, 0) is 31.2 Å². The van der Waals surface area contributed by atoms with E-state index < -0.39 is 0 Å². The summed E-state index contributed by atoms with van der Waals surface area (Å²) in [6.07, 6.45) is 5.26. The molecule has 130 valence electrons. The highest BCUT2D eigenvalue weighted by Crippen LogP contribution is 2.15. The summed E-state index contributed by atoms with van der Waals surface area (Å²) in [6.45, 7) is 3.09. The first-order valence-corrected chi connectivity index (χ1v) is 8.43. The van der Waals surface area contributed by atoms with E-state index in [1.54, 1.807) is 21.6 Å². The third-order valence-electron chi connectivity index (χ3n) is 4.11. The number of rotatable bonds is 5. The van der Waals surface area contributed by atoms with Crippen LogP contribution in [0.5, 0.6) is 0 Å². The van der Waals surface area contributed by atoms with E-state index in [9.17, 15) is 4.79 Å². The fourth-order valence-electron chi connectivity index (χ4n) is 2.90. The summed E-state index contributed by atoms with van der Waals surface area (Å²) in [5.74, 6) is 0.294. The normalized spacial score (nSPS) is 11.0. The van der Waals surface area contributed by atoms with Gasteiger partial charge in [-0.15, -0.1) is 0 Å². The summed E-state index contributed by atoms with van der Waals surface area (Å²) in [7, 11) is 0. The molecular formula is C19H18N6O. The van der Waals surface area contributed by atoms with E-state index in [0.29, 0.717) is 24.6 Å². The minimum absolute atomic E-state index is 0.149. The first-order valence-electron chi connectivity index (χ1n) is 8.43. The van der Waals surface area contributed by atoms with E-state index in [-0.39, 0.29) is 5.56 Å². The van der Waals surface area contributed by atoms with Crippen molar-refractivity contribution in [3.63, 3.8) is 0 Å². The maximum absolute atomic E-state index is 12.7. The fourth-order valence-corrected chi connectivity index (χ4v) is 2.90. The van der Waals surface area contributed by atoms with Gasteiger partial charge in [-0.1, -0.05) is 18.2 Å². The zero-order valence-corrected chi connectivity index (χ0v) is 14.3. The maximum atomic E-state index is 12.7. The molecule has 0 spiro atoms. The van der Waals surface area contributed by atoms with Gasteiger partial charge in [0.05, 0.1) is 35.2 Å². The lowest BCUT2D eigenvalue weighted by Crippen LogP contribution is -2.23. The van der Waals surface area contributed by atoms with Gasteiger partial charge in [0.1, 0.15) is 0 Å². The number of para-hydroxylation sites is 2. The number of pyridine rings is 1. The number of nitrogens with zero attached hydrogens (tertiary/aromatic N) is 5. The molecule has 0 aliphatic heterocycles. The SMILES string of the molecule is CCn1c(=O)c(Nc2cnn(Cc3ccccn3)c2)nc2ccccc21. The number of anilines is 2. The lowest BCUT2D eigenvalue weighted by Gasteiger charge is -2.10. The van der Waals surface area contributed by atoms with Crippen LogP contribution in [0.3, 0.4) is 0 Å². The highest BCUT2D eigenvalue weighted by molar-refractivity contribution is 5.76. The molecule has 26 heavy (non-hydrogen) atoms. The lowest BCUT2D eigenvalue weighted by molar-refractivity contribution is 0.673. The van der Waals surface area contributed by atoms with Gasteiger partial charge >= 0.3 is 0 Å². The average Bonchev–Trinajstić information content (AvgIpc) is 3.10. The second-order valence-electron chi connectivity index (χ2n) is 5.87. The maximum Gasteiger partial charge on any atom is 0.294 e. The largest absolute Gasteiger partial charge is 0.333 e. The first-order chi connectivity index (χ1) is 12.7. The number of hydrogen-bond acceptors (Lipinski definition) is 5. The summed E-state index contributed by atoms with van der Waals surface area (Å²) in [5.41, 5.74) is 3.08. The van der Waals surface area contributed by atoms with E-state index in [2.05, 4.69) is 20.4 Å². The van der Waals surface area contributed by atoms with Gasteiger partial charge in [0.2, 0.25) is 0 Å². The van der Waals surface area contributed by atoms with Crippen molar-refractivity contribution in [3.05, 3.63) is 77.1 Å². The number of nitrogens with one attached hydrogen (secondary N) is 1. The molecular weight excluding hydrogens is 328 g/mol. The first kappa shape index (κ1) is 16.0. The molecule has 0 fully saturated rings. The topological polar surface area (TPSA) is 77.6 Å². The Bertz CT molecular complexity index is 1100. The summed E-state index contributed by atoms with van der Waals surface area (Å²) >= 11 is 0. The van der Waals surface area contributed by atoms with E-state index in [1.807, 2.05) is 55.6 Å². The van der Waals surface area contributed by atoms with Gasteiger partial charge < -0.3 is 9.88 Å². The fraction of sp³-hybridized carbons (Fsp3) is 0.158. The monoisotopic (exact) mass is 346 g/mol. The smallest absolute Gasteiger partial charge is 0.294 e. The third kappa shape index (κ3) is 3.06. The van der Waals surface area contributed by atoms with Crippen LogP contribution >= 0.6 is 0 Å². The van der Waals surface area contributed by atoms with Crippen LogP contribution in [-0.2, 0) is 13.1 Å². The van der Waals surface area contributed by atoms with E-state index in [1.165, 1.54) is 0 Å². The minimum Gasteiger partial charge on any atom is -0.333 e. The Morgan fingerprint density at radius 2 is 1.96 bits per heavy atom. The molecule has 0 aliphatic rings. The van der Waals surface area contributed by atoms with Crippen molar-refractivity contribution in [1.82, 2.24) is 24.3 Å². The van der Waals surface area contributed by atoms with Crippen molar-refractivity contribution < 1.29 is 0 Å². The Labute approximate surface area is 150 Å². The van der Waals surface area contributed by atoms with Crippen LogP contribution in [0, 0.1) is 0 Å². The van der Waals surface area contributed by atoms with Crippen LogP contribution in [0.25, 0.3) is 11.0 Å². The third-order valence-corrected chi connectivity index (χ3v) is 4.11. The molecule has 0 saturated carbocycles. The van der Waals surface area contributed by atoms with Gasteiger partial charge in [-0.3, -0.25) is 14.5 Å². The van der Waals surface area contributed by atoms with E-state index in [0.717, 1.165) is 16.7 Å². The van der Waals surface area contributed by atoms with Crippen LogP contribution in [-0.4, -0.2) is 24.3 Å². The molecule has 3 heterocycles. The Kier molecular flexibility index (Phi) is 4.18. The molecule has 4 rings (SSSR count). The van der Waals surface area contributed by atoms with Crippen LogP contribution < -0.4 is 10.9 Å². The quantitative estimate of drug-likeness (QED) is 0.601. The predicted octanol–water partition coefficient (Wildman–Crippen LogP) is 2.80. The molecule has 7 heteroatoms. The number of hydrogen-bond donors (Lipinski definition) is 1. The number of aromatic nitrogens is 5. The Balaban J connectivity index is 1.64. The molecule has 7 nitrogen and oxygen atoms in total. The molecule has 0 unspecified atom stereocenters. The second kappa shape index (κ2) is 6.79. The summed E-state index contributed by atoms with van der Waals surface area (Å²) in [5, 5.41) is 7.42. The average molecular weight is 346 g/mol. The van der Waals surface area contributed by atoms with Gasteiger partial charge in [0.25, 0.3) is 5.56 Å². The standard InChI is InChI=1S/C19H18N6O/c1-2-25-17-9-4-3-8-16(17)23-18(19(25)26)22-15-11-21-24(13-15)12-14-7-5-6-10-20-14/h3-11,13H,2,12H2,1H3,(H,22,23). The zero-order valence-electron chi connectivity index (χ0n) is 14.3. The minimum atomic E-state index is -0.149. The van der Waals surface area contributed by atoms with Gasteiger partial charge in [-0.2, -0.15) is 5.10 Å². The molecule has 0 bridgehead atoms. The molecule has 1 N–H and O–H groups in total. The number of aryl methyl sites for hydroxylation is 1. The van der Waals surface area contributed by atoms with Crippen molar-refractivity contribution in [2.45, 2.75) is 20.0 Å². The van der Waals surface area contributed by atoms with Crippen LogP contribution in [0.2, 0.25) is 0 Å². The Hall–Kier alpha value is -3.48. The number of benzene rings is 1. The molecule has 3 aromatic heterocycles. The van der Waals surface area contributed by atoms with Gasteiger partial charge in [-0.25, -0.2) is 4.98 Å². The van der Waals surface area contributed by atoms with Crippen molar-refractivity contribution in [3.8, 4) is 0 Å². The van der Waals surface area contributed by atoms with Crippen molar-refractivity contribution in [2.75, 3.05) is 5.32 Å². The predicted molar refractivity (Wildman–Crippen MR) is 101 cm³/mol. The molecule has 0 radical (unpaired) electrons. The molecule has 0 saturated heterocycles. The van der Waals surface area contributed by atoms with Crippen molar-refractivity contribution in [1.29, 1.82) is 0 Å². The van der Waals surface area contributed by atoms with Crippen molar-refractivity contribution in [2.24, 2.45) is 0 Å². The lowest BCUT2D eigenvalue weighted by atomic mass is 10.3. The molecule has 4 aromatic rings. The highest BCUT2D eigenvalue weighted by Gasteiger charge is 2.11. The van der Waals surface area contributed by atoms with Crippen LogP contribution in [0.15, 0.2) is 65.8 Å². The van der Waals surface area contributed by atoms with E-state index in [4.69, 9.17) is 0 Å². The van der Waals surface area contributed by atoms with Crippen LogP contribution in [0.4, 0.5) is 11.5 Å². The Morgan fingerprint density at radius 3 is 2.77 bits per heavy atom. The summed E-state index contributed by atoms with van der Waals surface area (Å²) in [4.78, 5) is 21.5. The van der Waals surface area contributed by atoms with Crippen LogP contribution in [0.1, 0.15) is 12.6 Å².